The Balaban J connectivity index is 1.84. The van der Waals surface area contributed by atoms with E-state index in [2.05, 4.69) is 10.1 Å². The predicted octanol–water partition coefficient (Wildman–Crippen LogP) is 3.48. The highest BCUT2D eigenvalue weighted by molar-refractivity contribution is 5.55. The first-order chi connectivity index (χ1) is 10.1. The molecule has 21 heavy (non-hydrogen) atoms. The third-order valence-corrected chi connectivity index (χ3v) is 3.13. The molecule has 0 amide bonds. The molecule has 3 aromatic rings. The zero-order valence-corrected chi connectivity index (χ0v) is 11.4. The van der Waals surface area contributed by atoms with Crippen LogP contribution in [0, 0.1) is 12.7 Å². The van der Waals surface area contributed by atoms with Crippen molar-refractivity contribution in [3.05, 3.63) is 65.2 Å². The van der Waals surface area contributed by atoms with Crippen LogP contribution >= 0.6 is 0 Å². The fourth-order valence-electron chi connectivity index (χ4n) is 2.00. The number of hydrogen-bond donors (Lipinski definition) is 1. The van der Waals surface area contributed by atoms with Gasteiger partial charge in [-0.2, -0.15) is 4.98 Å². The highest BCUT2D eigenvalue weighted by atomic mass is 19.1. The fraction of sp³-hybridized carbons (Fsp3) is 0.125. The van der Waals surface area contributed by atoms with Crippen LogP contribution < -0.4 is 0 Å². The van der Waals surface area contributed by atoms with E-state index >= 15 is 0 Å². The molecule has 0 aliphatic carbocycles. The van der Waals surface area contributed by atoms with Crippen LogP contribution in [0.15, 0.2) is 47.0 Å². The monoisotopic (exact) mass is 284 g/mol. The molecule has 0 bridgehead atoms. The molecule has 106 valence electrons. The van der Waals surface area contributed by atoms with Gasteiger partial charge in [0.2, 0.25) is 0 Å². The van der Waals surface area contributed by atoms with E-state index in [9.17, 15) is 9.50 Å². The molecule has 0 saturated carbocycles. The first kappa shape index (κ1) is 13.3. The Morgan fingerprint density at radius 3 is 2.62 bits per heavy atom. The van der Waals surface area contributed by atoms with Crippen molar-refractivity contribution in [3.63, 3.8) is 0 Å². The van der Waals surface area contributed by atoms with Crippen LogP contribution in [0.3, 0.4) is 0 Å². The molecule has 5 heteroatoms. The van der Waals surface area contributed by atoms with Crippen molar-refractivity contribution in [3.8, 4) is 17.2 Å². The Morgan fingerprint density at radius 1 is 1.14 bits per heavy atom. The number of phenolic OH excluding ortho intramolecular Hbond substituents is 1. The second-order valence-corrected chi connectivity index (χ2v) is 4.84. The Labute approximate surface area is 120 Å². The van der Waals surface area contributed by atoms with Gasteiger partial charge in [-0.15, -0.1) is 0 Å². The second-order valence-electron chi connectivity index (χ2n) is 4.84. The van der Waals surface area contributed by atoms with Crippen molar-refractivity contribution in [2.24, 2.45) is 0 Å². The highest BCUT2D eigenvalue weighted by Crippen LogP contribution is 2.24. The van der Waals surface area contributed by atoms with Gasteiger partial charge in [0.05, 0.1) is 5.56 Å². The smallest absolute Gasteiger partial charge is 0.260 e. The number of hydrogen-bond acceptors (Lipinski definition) is 4. The van der Waals surface area contributed by atoms with Crippen LogP contribution in [0.1, 0.15) is 17.0 Å². The summed E-state index contributed by atoms with van der Waals surface area (Å²) in [5.74, 6) is -0.146. The largest absolute Gasteiger partial charge is 0.508 e. The van der Waals surface area contributed by atoms with E-state index in [0.29, 0.717) is 12.2 Å². The molecule has 0 radical (unpaired) electrons. The van der Waals surface area contributed by atoms with Crippen LogP contribution in [-0.2, 0) is 6.42 Å². The van der Waals surface area contributed by atoms with Crippen LogP contribution in [0.25, 0.3) is 11.5 Å². The van der Waals surface area contributed by atoms with Crippen molar-refractivity contribution < 1.29 is 14.0 Å². The van der Waals surface area contributed by atoms with Crippen molar-refractivity contribution in [1.82, 2.24) is 10.1 Å². The molecule has 0 spiro atoms. The Bertz CT molecular complexity index is 766. The molecular weight excluding hydrogens is 271 g/mol. The number of aryl methyl sites for hydroxylation is 1. The summed E-state index contributed by atoms with van der Waals surface area (Å²) in [7, 11) is 0. The second kappa shape index (κ2) is 5.36. The maximum absolute atomic E-state index is 13.7. The quantitative estimate of drug-likeness (QED) is 0.800. The molecular formula is C16H13FN2O2. The average molecular weight is 284 g/mol. The molecule has 0 unspecified atom stereocenters. The lowest BCUT2D eigenvalue weighted by Crippen LogP contribution is -1.91. The zero-order valence-electron chi connectivity index (χ0n) is 11.4. The molecule has 0 aliphatic rings. The lowest BCUT2D eigenvalue weighted by Gasteiger charge is -1.98. The Kier molecular flexibility index (Phi) is 3.39. The number of benzene rings is 2. The van der Waals surface area contributed by atoms with Gasteiger partial charge in [0, 0.05) is 12.5 Å². The average Bonchev–Trinajstić information content (AvgIpc) is 2.90. The van der Waals surface area contributed by atoms with Gasteiger partial charge >= 0.3 is 0 Å². The van der Waals surface area contributed by atoms with Gasteiger partial charge in [-0.05, 0) is 24.6 Å². The molecule has 1 N–H and O–H groups in total. The topological polar surface area (TPSA) is 59.2 Å². The van der Waals surface area contributed by atoms with Crippen LogP contribution in [0.4, 0.5) is 4.39 Å². The minimum Gasteiger partial charge on any atom is -0.508 e. The number of halogens is 1. The van der Waals surface area contributed by atoms with E-state index in [1.165, 1.54) is 17.7 Å². The Morgan fingerprint density at radius 2 is 1.90 bits per heavy atom. The number of aromatic nitrogens is 2. The third-order valence-electron chi connectivity index (χ3n) is 3.13. The Hall–Kier alpha value is -2.69. The van der Waals surface area contributed by atoms with Crippen molar-refractivity contribution in [2.75, 3.05) is 0 Å². The number of phenols is 1. The predicted molar refractivity (Wildman–Crippen MR) is 75.3 cm³/mol. The minimum absolute atomic E-state index is 0.106. The van der Waals surface area contributed by atoms with E-state index in [0.717, 1.165) is 11.6 Å². The lowest BCUT2D eigenvalue weighted by molar-refractivity contribution is 0.421. The highest BCUT2D eigenvalue weighted by Gasteiger charge is 2.14. The van der Waals surface area contributed by atoms with E-state index in [1.807, 2.05) is 31.2 Å². The molecule has 0 aliphatic heterocycles. The molecule has 3 rings (SSSR count). The van der Waals surface area contributed by atoms with Crippen LogP contribution in [0.5, 0.6) is 5.75 Å². The molecule has 0 atom stereocenters. The summed E-state index contributed by atoms with van der Waals surface area (Å²) in [6, 6.07) is 11.8. The van der Waals surface area contributed by atoms with Crippen molar-refractivity contribution >= 4 is 0 Å². The lowest BCUT2D eigenvalue weighted by atomic mass is 10.1. The molecule has 2 aromatic carbocycles. The molecule has 1 heterocycles. The van der Waals surface area contributed by atoms with Gasteiger partial charge in [0.1, 0.15) is 11.6 Å². The van der Waals surface area contributed by atoms with Gasteiger partial charge in [-0.25, -0.2) is 4.39 Å². The SMILES string of the molecule is Cc1ccc(Cc2noc(-c3ccc(O)cc3F)n2)cc1. The molecule has 1 aromatic heterocycles. The molecule has 0 fully saturated rings. The maximum atomic E-state index is 13.7. The minimum atomic E-state index is -0.597. The van der Waals surface area contributed by atoms with Crippen LogP contribution in [0.2, 0.25) is 0 Å². The summed E-state index contributed by atoms with van der Waals surface area (Å²) < 4.78 is 18.8. The summed E-state index contributed by atoms with van der Waals surface area (Å²) in [6.07, 6.45) is 0.517. The van der Waals surface area contributed by atoms with Crippen LogP contribution in [-0.4, -0.2) is 15.2 Å². The summed E-state index contributed by atoms with van der Waals surface area (Å²) in [5, 5.41) is 13.1. The summed E-state index contributed by atoms with van der Waals surface area (Å²) in [4.78, 5) is 4.19. The van der Waals surface area contributed by atoms with E-state index in [-0.39, 0.29) is 17.2 Å². The zero-order chi connectivity index (χ0) is 14.8. The van der Waals surface area contributed by atoms with Crippen molar-refractivity contribution in [2.45, 2.75) is 13.3 Å². The summed E-state index contributed by atoms with van der Waals surface area (Å²) in [5.41, 5.74) is 2.41. The van der Waals surface area contributed by atoms with Gasteiger partial charge in [0.15, 0.2) is 5.82 Å². The molecule has 4 nitrogen and oxygen atoms in total. The third kappa shape index (κ3) is 2.91. The fourth-order valence-corrected chi connectivity index (χ4v) is 2.00. The van der Waals surface area contributed by atoms with E-state index < -0.39 is 5.82 Å². The van der Waals surface area contributed by atoms with Crippen molar-refractivity contribution in [1.29, 1.82) is 0 Å². The normalized spacial score (nSPS) is 10.8. The van der Waals surface area contributed by atoms with E-state index in [4.69, 9.17) is 4.52 Å². The van der Waals surface area contributed by atoms with Gasteiger partial charge < -0.3 is 9.63 Å². The number of rotatable bonds is 3. The number of aromatic hydroxyl groups is 1. The molecule has 0 saturated heterocycles. The maximum Gasteiger partial charge on any atom is 0.260 e. The van der Waals surface area contributed by atoms with E-state index in [1.54, 1.807) is 0 Å². The van der Waals surface area contributed by atoms with Gasteiger partial charge in [0.25, 0.3) is 5.89 Å². The number of nitrogens with zero attached hydrogens (tertiary/aromatic N) is 2. The first-order valence-corrected chi connectivity index (χ1v) is 6.49. The standard InChI is InChI=1S/C16H13FN2O2/c1-10-2-4-11(5-3-10)8-15-18-16(21-19-15)13-7-6-12(20)9-14(13)17/h2-7,9,20H,8H2,1H3. The summed E-state index contributed by atoms with van der Waals surface area (Å²) in [6.45, 7) is 2.02. The summed E-state index contributed by atoms with van der Waals surface area (Å²) >= 11 is 0. The van der Waals surface area contributed by atoms with Gasteiger partial charge in [-0.1, -0.05) is 35.0 Å². The first-order valence-electron chi connectivity index (χ1n) is 6.49. The van der Waals surface area contributed by atoms with Gasteiger partial charge in [-0.3, -0.25) is 0 Å².